The Bertz CT molecular complexity index is 555. The van der Waals surface area contributed by atoms with Crippen LogP contribution < -0.4 is 4.74 Å². The van der Waals surface area contributed by atoms with Gasteiger partial charge in [-0.25, -0.2) is 0 Å². The number of carbonyl (C=O) groups is 1. The molecule has 1 amide bonds. The van der Waals surface area contributed by atoms with E-state index in [0.29, 0.717) is 17.2 Å². The number of amides is 1. The zero-order valence-electron chi connectivity index (χ0n) is 14.2. The number of hydrogen-bond acceptors (Lipinski definition) is 2. The molecule has 122 valence electrons. The number of nitrogens with zero attached hydrogens (tertiary/aromatic N) is 1. The molecule has 0 aromatic heterocycles. The fourth-order valence-corrected chi connectivity index (χ4v) is 3.40. The van der Waals surface area contributed by atoms with Crippen molar-refractivity contribution >= 4 is 21.8 Å². The molecule has 2 rings (SSSR count). The van der Waals surface area contributed by atoms with E-state index in [4.69, 9.17) is 4.74 Å². The molecule has 1 fully saturated rings. The highest BCUT2D eigenvalue weighted by molar-refractivity contribution is 9.10. The van der Waals surface area contributed by atoms with Crippen LogP contribution in [0.5, 0.6) is 5.75 Å². The summed E-state index contributed by atoms with van der Waals surface area (Å²) in [7, 11) is 1.62. The van der Waals surface area contributed by atoms with E-state index in [1.54, 1.807) is 7.11 Å². The van der Waals surface area contributed by atoms with Crippen LogP contribution >= 0.6 is 15.9 Å². The van der Waals surface area contributed by atoms with Crippen molar-refractivity contribution in [3.05, 3.63) is 27.7 Å². The van der Waals surface area contributed by atoms with E-state index in [1.165, 1.54) is 0 Å². The molecule has 1 heterocycles. The van der Waals surface area contributed by atoms with Gasteiger partial charge in [-0.2, -0.15) is 0 Å². The Kier molecular flexibility index (Phi) is 5.21. The number of likely N-dealkylation sites (tertiary alicyclic amines) is 1. The van der Waals surface area contributed by atoms with Crippen molar-refractivity contribution in [2.24, 2.45) is 5.92 Å². The fraction of sp³-hybridized carbons (Fsp3) is 0.611. The Morgan fingerprint density at radius 3 is 2.36 bits per heavy atom. The quantitative estimate of drug-likeness (QED) is 0.762. The molecule has 0 atom stereocenters. The number of hydrogen-bond donors (Lipinski definition) is 0. The average Bonchev–Trinajstić information content (AvgIpc) is 2.45. The first kappa shape index (κ1) is 17.3. The Morgan fingerprint density at radius 2 is 1.86 bits per heavy atom. The van der Waals surface area contributed by atoms with Crippen molar-refractivity contribution in [2.45, 2.75) is 46.0 Å². The van der Waals surface area contributed by atoms with E-state index in [9.17, 15) is 4.79 Å². The van der Waals surface area contributed by atoms with Crippen molar-refractivity contribution in [1.29, 1.82) is 0 Å². The maximum Gasteiger partial charge on any atom is 0.257 e. The van der Waals surface area contributed by atoms with Crippen LogP contribution in [-0.4, -0.2) is 31.0 Å². The third-order valence-corrected chi connectivity index (χ3v) is 5.00. The van der Waals surface area contributed by atoms with Gasteiger partial charge in [0, 0.05) is 13.1 Å². The predicted molar refractivity (Wildman–Crippen MR) is 93.7 cm³/mol. The molecule has 1 aliphatic heterocycles. The Labute approximate surface area is 142 Å². The highest BCUT2D eigenvalue weighted by Crippen LogP contribution is 2.36. The lowest BCUT2D eigenvalue weighted by molar-refractivity contribution is 0.0693. The lowest BCUT2D eigenvalue weighted by Gasteiger charge is -2.31. The van der Waals surface area contributed by atoms with Gasteiger partial charge in [0.05, 0.1) is 17.1 Å². The molecule has 1 aromatic carbocycles. The van der Waals surface area contributed by atoms with Gasteiger partial charge in [-0.05, 0) is 57.8 Å². The van der Waals surface area contributed by atoms with Gasteiger partial charge in [0.1, 0.15) is 5.75 Å². The first-order valence-corrected chi connectivity index (χ1v) is 8.70. The number of methoxy groups -OCH3 is 1. The fourth-order valence-electron chi connectivity index (χ4n) is 2.77. The van der Waals surface area contributed by atoms with Crippen LogP contribution in [0.4, 0.5) is 0 Å². The Hall–Kier alpha value is -1.03. The van der Waals surface area contributed by atoms with Crippen LogP contribution in [0.2, 0.25) is 0 Å². The smallest absolute Gasteiger partial charge is 0.257 e. The van der Waals surface area contributed by atoms with E-state index in [-0.39, 0.29) is 11.3 Å². The minimum absolute atomic E-state index is 0.0137. The molecule has 0 aliphatic carbocycles. The van der Waals surface area contributed by atoms with Crippen molar-refractivity contribution in [3.63, 3.8) is 0 Å². The first-order valence-electron chi connectivity index (χ1n) is 7.91. The summed E-state index contributed by atoms with van der Waals surface area (Å²) in [6.45, 7) is 10.4. The molecule has 4 heteroatoms. The van der Waals surface area contributed by atoms with Crippen molar-refractivity contribution < 1.29 is 9.53 Å². The molecule has 3 nitrogen and oxygen atoms in total. The monoisotopic (exact) mass is 367 g/mol. The average molecular weight is 368 g/mol. The zero-order chi connectivity index (χ0) is 16.5. The molecule has 0 spiro atoms. The molecule has 0 bridgehead atoms. The summed E-state index contributed by atoms with van der Waals surface area (Å²) in [6, 6.07) is 4.04. The van der Waals surface area contributed by atoms with Crippen molar-refractivity contribution in [2.75, 3.05) is 20.2 Å². The predicted octanol–water partition coefficient (Wildman–Crippen LogP) is 4.63. The summed E-state index contributed by atoms with van der Waals surface area (Å²) in [4.78, 5) is 14.9. The van der Waals surface area contributed by atoms with Gasteiger partial charge in [-0.3, -0.25) is 4.79 Å². The van der Waals surface area contributed by atoms with Gasteiger partial charge < -0.3 is 9.64 Å². The highest BCUT2D eigenvalue weighted by Gasteiger charge is 2.27. The van der Waals surface area contributed by atoms with Gasteiger partial charge >= 0.3 is 0 Å². The maximum absolute atomic E-state index is 12.9. The minimum atomic E-state index is -0.0137. The van der Waals surface area contributed by atoms with Gasteiger partial charge in [0.15, 0.2) is 0 Å². The van der Waals surface area contributed by atoms with Crippen molar-refractivity contribution in [1.82, 2.24) is 4.90 Å². The number of halogens is 1. The van der Waals surface area contributed by atoms with Gasteiger partial charge in [0.2, 0.25) is 0 Å². The first-order chi connectivity index (χ1) is 10.2. The Balaban J connectivity index is 2.39. The molecule has 1 saturated heterocycles. The molecular formula is C18H26BrNO2. The lowest BCUT2D eigenvalue weighted by Crippen LogP contribution is -2.38. The van der Waals surface area contributed by atoms with E-state index in [1.807, 2.05) is 17.0 Å². The molecule has 22 heavy (non-hydrogen) atoms. The van der Waals surface area contributed by atoms with E-state index >= 15 is 0 Å². The summed E-state index contributed by atoms with van der Waals surface area (Å²) in [5.74, 6) is 1.42. The van der Waals surface area contributed by atoms with E-state index in [0.717, 1.165) is 36.0 Å². The molecular weight excluding hydrogens is 342 g/mol. The molecule has 1 aliphatic rings. The lowest BCUT2D eigenvalue weighted by atomic mass is 9.85. The van der Waals surface area contributed by atoms with Gasteiger partial charge in [-0.1, -0.05) is 27.7 Å². The maximum atomic E-state index is 12.9. The highest BCUT2D eigenvalue weighted by atomic mass is 79.9. The number of carbonyl (C=O) groups excluding carboxylic acids is 1. The summed E-state index contributed by atoms with van der Waals surface area (Å²) in [5, 5.41) is 0. The molecule has 0 radical (unpaired) electrons. The van der Waals surface area contributed by atoms with E-state index in [2.05, 4.69) is 43.6 Å². The molecule has 1 aromatic rings. The third-order valence-electron chi connectivity index (χ3n) is 4.42. The van der Waals surface area contributed by atoms with Crippen LogP contribution in [0.3, 0.4) is 0 Å². The van der Waals surface area contributed by atoms with Gasteiger partial charge in [0.25, 0.3) is 5.91 Å². The standard InChI is InChI=1S/C18H26BrNO2/c1-12-6-8-20(9-7-12)17(21)14-10-13(18(2,3)4)11-15(19)16(14)22-5/h10-12H,6-9H2,1-5H3. The summed E-state index contributed by atoms with van der Waals surface area (Å²) >= 11 is 3.56. The Morgan fingerprint density at radius 1 is 1.27 bits per heavy atom. The molecule has 0 saturated carbocycles. The zero-order valence-corrected chi connectivity index (χ0v) is 15.8. The summed E-state index contributed by atoms with van der Waals surface area (Å²) in [6.07, 6.45) is 2.16. The number of ether oxygens (including phenoxy) is 1. The number of benzene rings is 1. The SMILES string of the molecule is COc1c(Br)cc(C(C)(C)C)cc1C(=O)N1CCC(C)CC1. The molecule has 0 unspecified atom stereocenters. The second kappa shape index (κ2) is 6.61. The minimum Gasteiger partial charge on any atom is -0.495 e. The van der Waals surface area contributed by atoms with Crippen LogP contribution in [0.15, 0.2) is 16.6 Å². The molecule has 0 N–H and O–H groups in total. The van der Waals surface area contributed by atoms with Crippen LogP contribution in [-0.2, 0) is 5.41 Å². The topological polar surface area (TPSA) is 29.5 Å². The van der Waals surface area contributed by atoms with Crippen molar-refractivity contribution in [3.8, 4) is 5.75 Å². The van der Waals surface area contributed by atoms with Gasteiger partial charge in [-0.15, -0.1) is 0 Å². The number of rotatable bonds is 2. The largest absolute Gasteiger partial charge is 0.495 e. The second-order valence-corrected chi connectivity index (χ2v) is 8.12. The van der Waals surface area contributed by atoms with Crippen LogP contribution in [0.1, 0.15) is 56.5 Å². The van der Waals surface area contributed by atoms with E-state index < -0.39 is 0 Å². The third kappa shape index (κ3) is 3.65. The van der Waals surface area contributed by atoms with Crippen LogP contribution in [0.25, 0.3) is 0 Å². The second-order valence-electron chi connectivity index (χ2n) is 7.26. The summed E-state index contributed by atoms with van der Waals surface area (Å²) < 4.78 is 6.33. The number of piperidine rings is 1. The summed E-state index contributed by atoms with van der Waals surface area (Å²) in [5.41, 5.74) is 1.78. The van der Waals surface area contributed by atoms with Crippen LogP contribution in [0, 0.1) is 5.92 Å². The normalized spacial score (nSPS) is 16.7.